The fraction of sp³-hybridized carbons (Fsp3) is 0.320. The van der Waals surface area contributed by atoms with Gasteiger partial charge in [0.2, 0.25) is 21.9 Å². The Labute approximate surface area is 223 Å². The number of likely N-dealkylation sites (N-methyl/N-ethyl adjacent to an activating group) is 1. The molecule has 2 aromatic carbocycles. The van der Waals surface area contributed by atoms with Crippen molar-refractivity contribution in [3.8, 4) is 5.75 Å². The van der Waals surface area contributed by atoms with Gasteiger partial charge in [-0.2, -0.15) is 22.5 Å². The van der Waals surface area contributed by atoms with Gasteiger partial charge in [0.15, 0.2) is 0 Å². The van der Waals surface area contributed by atoms with Crippen molar-refractivity contribution in [3.05, 3.63) is 65.4 Å². The lowest BCUT2D eigenvalue weighted by molar-refractivity contribution is -0.137. The Morgan fingerprint density at radius 1 is 1.18 bits per heavy atom. The maximum atomic E-state index is 13.9. The van der Waals surface area contributed by atoms with Crippen molar-refractivity contribution >= 4 is 39.1 Å². The smallest absolute Gasteiger partial charge is 0.421 e. The van der Waals surface area contributed by atoms with Gasteiger partial charge in [-0.15, -0.1) is 0 Å². The first-order chi connectivity index (χ1) is 18.3. The van der Waals surface area contributed by atoms with Gasteiger partial charge in [-0.1, -0.05) is 24.3 Å². The molecule has 0 aliphatic heterocycles. The first-order valence-electron chi connectivity index (χ1n) is 11.7. The Morgan fingerprint density at radius 3 is 2.54 bits per heavy atom. The molecule has 0 fully saturated rings. The summed E-state index contributed by atoms with van der Waals surface area (Å²) in [4.78, 5) is 19.4. The number of nitrogens with zero attached hydrogens (tertiary/aromatic N) is 3. The van der Waals surface area contributed by atoms with E-state index in [4.69, 9.17) is 4.74 Å². The fourth-order valence-corrected chi connectivity index (χ4v) is 5.16. The average molecular weight is 565 g/mol. The number of aromatic nitrogens is 2. The number of methoxy groups -OCH3 is 1. The Hall–Kier alpha value is -3.91. The van der Waals surface area contributed by atoms with Crippen LogP contribution in [0.5, 0.6) is 5.75 Å². The molecule has 1 heterocycles. The van der Waals surface area contributed by atoms with Gasteiger partial charge in [0.05, 0.1) is 31.1 Å². The van der Waals surface area contributed by atoms with E-state index < -0.39 is 39.7 Å². The third-order valence-electron chi connectivity index (χ3n) is 6.29. The standard InChI is InChI=1S/C25H27F3N6O4S/c1-14(35)30-19-10-9-16(12-21(19)38-3)31-24-29-13-18(25(26,27)28)23(33-24)32-20-11-15-7-5-6-8-17(15)22(20)34(2)39(4,36)37/h5-10,12-13,20,22H,11H2,1-4H3,(H,30,35)(H2,29,31,32,33)/t20-,22-/m1/s1. The fourth-order valence-electron chi connectivity index (χ4n) is 4.49. The van der Waals surface area contributed by atoms with Crippen molar-refractivity contribution in [1.29, 1.82) is 0 Å². The number of benzene rings is 2. The molecule has 1 aliphatic rings. The van der Waals surface area contributed by atoms with Gasteiger partial charge in [0.25, 0.3) is 0 Å². The van der Waals surface area contributed by atoms with Gasteiger partial charge in [-0.05, 0) is 29.7 Å². The maximum absolute atomic E-state index is 13.9. The number of amides is 1. The van der Waals surface area contributed by atoms with Crippen LogP contribution in [0, 0.1) is 0 Å². The highest BCUT2D eigenvalue weighted by atomic mass is 32.2. The number of sulfonamides is 1. The van der Waals surface area contributed by atoms with E-state index in [0.29, 0.717) is 28.9 Å². The first-order valence-corrected chi connectivity index (χ1v) is 13.6. The second kappa shape index (κ2) is 10.7. The first kappa shape index (κ1) is 28.1. The largest absolute Gasteiger partial charge is 0.494 e. The summed E-state index contributed by atoms with van der Waals surface area (Å²) in [6.07, 6.45) is -2.78. The summed E-state index contributed by atoms with van der Waals surface area (Å²) in [5.74, 6) is -0.615. The van der Waals surface area contributed by atoms with Crippen LogP contribution in [0.1, 0.15) is 29.7 Å². The van der Waals surface area contributed by atoms with Crippen molar-refractivity contribution in [2.24, 2.45) is 0 Å². The van der Waals surface area contributed by atoms with E-state index in [0.717, 1.165) is 16.1 Å². The Balaban J connectivity index is 1.69. The van der Waals surface area contributed by atoms with E-state index in [1.165, 1.54) is 27.1 Å². The van der Waals surface area contributed by atoms with E-state index >= 15 is 0 Å². The number of alkyl halides is 3. The summed E-state index contributed by atoms with van der Waals surface area (Å²) in [5.41, 5.74) is 1.24. The molecule has 0 spiro atoms. The molecule has 0 saturated carbocycles. The van der Waals surface area contributed by atoms with Crippen LogP contribution >= 0.6 is 0 Å². The molecule has 208 valence electrons. The van der Waals surface area contributed by atoms with Crippen LogP contribution in [0.4, 0.5) is 36.3 Å². The normalized spacial score (nSPS) is 17.0. The zero-order valence-electron chi connectivity index (χ0n) is 21.5. The van der Waals surface area contributed by atoms with Gasteiger partial charge in [-0.3, -0.25) is 4.79 Å². The van der Waals surface area contributed by atoms with E-state index in [2.05, 4.69) is 25.9 Å². The molecule has 2 atom stereocenters. The number of anilines is 4. The van der Waals surface area contributed by atoms with Gasteiger partial charge < -0.3 is 20.7 Å². The molecule has 3 aromatic rings. The zero-order valence-corrected chi connectivity index (χ0v) is 22.3. The lowest BCUT2D eigenvalue weighted by atomic mass is 10.1. The molecular formula is C25H27F3N6O4S. The number of hydrogen-bond acceptors (Lipinski definition) is 8. The second-order valence-electron chi connectivity index (χ2n) is 9.05. The lowest BCUT2D eigenvalue weighted by Crippen LogP contribution is -2.39. The van der Waals surface area contributed by atoms with Crippen LogP contribution < -0.4 is 20.7 Å². The predicted octanol–water partition coefficient (Wildman–Crippen LogP) is 4.18. The summed E-state index contributed by atoms with van der Waals surface area (Å²) in [7, 11) is -0.869. The van der Waals surface area contributed by atoms with Crippen LogP contribution in [0.25, 0.3) is 0 Å². The molecule has 1 aliphatic carbocycles. The average Bonchev–Trinajstić information content (AvgIpc) is 3.20. The number of ether oxygens (including phenoxy) is 1. The summed E-state index contributed by atoms with van der Waals surface area (Å²) in [6.45, 7) is 1.34. The van der Waals surface area contributed by atoms with Gasteiger partial charge >= 0.3 is 6.18 Å². The van der Waals surface area contributed by atoms with E-state index in [9.17, 15) is 26.4 Å². The molecule has 4 rings (SSSR count). The number of halogens is 3. The zero-order chi connectivity index (χ0) is 28.5. The highest BCUT2D eigenvalue weighted by Crippen LogP contribution is 2.40. The minimum atomic E-state index is -4.77. The number of carbonyl (C=O) groups is 1. The summed E-state index contributed by atoms with van der Waals surface area (Å²) < 4.78 is 73.0. The quantitative estimate of drug-likeness (QED) is 0.372. The van der Waals surface area contributed by atoms with E-state index in [1.807, 2.05) is 6.07 Å². The third kappa shape index (κ3) is 6.23. The Kier molecular flexibility index (Phi) is 7.70. The number of rotatable bonds is 8. The Morgan fingerprint density at radius 2 is 1.90 bits per heavy atom. The molecule has 3 N–H and O–H groups in total. The second-order valence-corrected chi connectivity index (χ2v) is 11.1. The van der Waals surface area contributed by atoms with Gasteiger partial charge in [0, 0.05) is 31.9 Å². The van der Waals surface area contributed by atoms with Crippen molar-refractivity contribution in [3.63, 3.8) is 0 Å². The van der Waals surface area contributed by atoms with E-state index in [1.54, 1.807) is 30.3 Å². The van der Waals surface area contributed by atoms with Crippen molar-refractivity contribution < 1.29 is 31.1 Å². The van der Waals surface area contributed by atoms with Crippen LogP contribution in [0.15, 0.2) is 48.7 Å². The monoisotopic (exact) mass is 564 g/mol. The van der Waals surface area contributed by atoms with Crippen LogP contribution in [-0.2, 0) is 27.4 Å². The Bertz CT molecular complexity index is 1500. The predicted molar refractivity (Wildman–Crippen MR) is 141 cm³/mol. The molecule has 0 saturated heterocycles. The van der Waals surface area contributed by atoms with Gasteiger partial charge in [0.1, 0.15) is 17.1 Å². The maximum Gasteiger partial charge on any atom is 0.421 e. The number of hydrogen-bond donors (Lipinski definition) is 3. The number of carbonyl (C=O) groups excluding carboxylic acids is 1. The third-order valence-corrected chi connectivity index (χ3v) is 7.57. The van der Waals surface area contributed by atoms with Gasteiger partial charge in [-0.25, -0.2) is 13.4 Å². The summed E-state index contributed by atoms with van der Waals surface area (Å²) in [5, 5.41) is 8.32. The SMILES string of the molecule is COc1cc(Nc2ncc(C(F)(F)F)c(N[C@@H]3Cc4ccccc4[C@H]3N(C)S(C)(=O)=O)n2)ccc1NC(C)=O. The highest BCUT2D eigenvalue weighted by molar-refractivity contribution is 7.88. The molecule has 39 heavy (non-hydrogen) atoms. The van der Waals surface area contributed by atoms with Crippen molar-refractivity contribution in [2.75, 3.05) is 36.4 Å². The summed E-state index contributed by atoms with van der Waals surface area (Å²) in [6, 6.07) is 10.3. The highest BCUT2D eigenvalue weighted by Gasteiger charge is 2.41. The minimum Gasteiger partial charge on any atom is -0.494 e. The molecule has 10 nitrogen and oxygen atoms in total. The molecular weight excluding hydrogens is 537 g/mol. The molecule has 0 bridgehead atoms. The molecule has 1 amide bonds. The van der Waals surface area contributed by atoms with Crippen LogP contribution in [0.3, 0.4) is 0 Å². The number of nitrogens with one attached hydrogen (secondary N) is 3. The molecule has 1 aromatic heterocycles. The van der Waals surface area contributed by atoms with Crippen molar-refractivity contribution in [2.45, 2.75) is 31.6 Å². The van der Waals surface area contributed by atoms with Crippen molar-refractivity contribution in [1.82, 2.24) is 14.3 Å². The topological polar surface area (TPSA) is 126 Å². The summed E-state index contributed by atoms with van der Waals surface area (Å²) >= 11 is 0. The molecule has 0 radical (unpaired) electrons. The number of fused-ring (bicyclic) bond motifs is 1. The van der Waals surface area contributed by atoms with E-state index in [-0.39, 0.29) is 18.3 Å². The molecule has 14 heteroatoms. The van der Waals surface area contributed by atoms with Crippen LogP contribution in [-0.4, -0.2) is 55.1 Å². The lowest BCUT2D eigenvalue weighted by Gasteiger charge is -2.30. The minimum absolute atomic E-state index is 0.136. The van der Waals surface area contributed by atoms with Crippen LogP contribution in [0.2, 0.25) is 0 Å². The molecule has 0 unspecified atom stereocenters.